The van der Waals surface area contributed by atoms with Crippen molar-refractivity contribution in [2.45, 2.75) is 37.9 Å². The van der Waals surface area contributed by atoms with E-state index < -0.39 is 23.5 Å². The molecule has 1 aliphatic rings. The number of aromatic nitrogens is 4. The number of carbonyl (C=O) groups is 2. The number of alkyl halides is 3. The fourth-order valence-corrected chi connectivity index (χ4v) is 3.79. The summed E-state index contributed by atoms with van der Waals surface area (Å²) in [7, 11) is 0. The lowest BCUT2D eigenvalue weighted by Gasteiger charge is -2.25. The summed E-state index contributed by atoms with van der Waals surface area (Å²) in [6, 6.07) is 3.76. The summed E-state index contributed by atoms with van der Waals surface area (Å²) in [6.07, 6.45) is 2.96. The van der Waals surface area contributed by atoms with Gasteiger partial charge in [-0.05, 0) is 43.9 Å². The molecule has 0 radical (unpaired) electrons. The van der Waals surface area contributed by atoms with E-state index in [0.29, 0.717) is 5.52 Å². The molecule has 0 bridgehead atoms. The molecule has 10 heteroatoms. The normalized spacial score (nSPS) is 19.7. The third kappa shape index (κ3) is 3.77. The highest BCUT2D eigenvalue weighted by Crippen LogP contribution is 2.33. The van der Waals surface area contributed by atoms with Gasteiger partial charge < -0.3 is 10.5 Å². The molecule has 0 unspecified atom stereocenters. The number of rotatable bonds is 4. The number of pyridine rings is 2. The summed E-state index contributed by atoms with van der Waals surface area (Å²) in [5, 5.41) is 5.27. The predicted octanol–water partition coefficient (Wildman–Crippen LogP) is 3.54. The van der Waals surface area contributed by atoms with Crippen LogP contribution < -0.4 is 5.73 Å². The monoisotopic (exact) mass is 417 g/mol. The van der Waals surface area contributed by atoms with Crippen molar-refractivity contribution in [3.05, 3.63) is 42.0 Å². The Morgan fingerprint density at radius 2 is 1.93 bits per heavy atom. The van der Waals surface area contributed by atoms with Crippen LogP contribution in [0.5, 0.6) is 0 Å². The molecule has 156 valence electrons. The minimum atomic E-state index is -4.69. The number of hydrogen-bond donors (Lipinski definition) is 1. The van der Waals surface area contributed by atoms with Gasteiger partial charge in [0, 0.05) is 23.1 Å². The zero-order chi connectivity index (χ0) is 21.5. The molecule has 0 aromatic carbocycles. The third-order valence-corrected chi connectivity index (χ3v) is 5.41. The van der Waals surface area contributed by atoms with E-state index in [1.54, 1.807) is 6.07 Å². The molecule has 30 heavy (non-hydrogen) atoms. The quantitative estimate of drug-likeness (QED) is 0.654. The summed E-state index contributed by atoms with van der Waals surface area (Å²) < 4.78 is 40.7. The molecule has 0 atom stereocenters. The lowest BCUT2D eigenvalue weighted by atomic mass is 9.87. The summed E-state index contributed by atoms with van der Waals surface area (Å²) in [5.74, 6) is -0.973. The Hall–Kier alpha value is -3.30. The van der Waals surface area contributed by atoms with Gasteiger partial charge in [0.1, 0.15) is 23.2 Å². The van der Waals surface area contributed by atoms with Crippen LogP contribution >= 0.6 is 0 Å². The maximum absolute atomic E-state index is 12.9. The van der Waals surface area contributed by atoms with Crippen LogP contribution in [0, 0.1) is 5.92 Å². The molecule has 2 N–H and O–H groups in total. The van der Waals surface area contributed by atoms with Gasteiger partial charge in [0.15, 0.2) is 0 Å². The van der Waals surface area contributed by atoms with E-state index in [4.69, 9.17) is 5.73 Å². The average Bonchev–Trinajstić information content (AvgIpc) is 3.16. The van der Waals surface area contributed by atoms with E-state index in [9.17, 15) is 22.8 Å². The number of carbonyl (C=O) groups excluding carboxylic acids is 2. The third-order valence-electron chi connectivity index (χ3n) is 5.41. The highest BCUT2D eigenvalue weighted by atomic mass is 19.4. The molecule has 1 saturated carbocycles. The first-order chi connectivity index (χ1) is 14.3. The fraction of sp³-hybridized carbons (Fsp3) is 0.350. The summed E-state index contributed by atoms with van der Waals surface area (Å²) in [6.45, 7) is 0. The van der Waals surface area contributed by atoms with Gasteiger partial charge in [-0.3, -0.25) is 14.5 Å². The van der Waals surface area contributed by atoms with Crippen molar-refractivity contribution in [3.63, 3.8) is 0 Å². The minimum absolute atomic E-state index is 0.0962. The number of primary amides is 1. The molecule has 7 nitrogen and oxygen atoms in total. The molecule has 3 heterocycles. The maximum atomic E-state index is 12.9. The first kappa shape index (κ1) is 20.0. The highest BCUT2D eigenvalue weighted by Gasteiger charge is 2.34. The maximum Gasteiger partial charge on any atom is 0.433 e. The molecule has 0 spiro atoms. The highest BCUT2D eigenvalue weighted by molar-refractivity contribution is 5.98. The summed E-state index contributed by atoms with van der Waals surface area (Å²) in [4.78, 5) is 30.3. The second-order valence-corrected chi connectivity index (χ2v) is 7.40. The Bertz CT molecular complexity index is 1120. The van der Waals surface area contributed by atoms with E-state index in [0.717, 1.165) is 49.5 Å². The molecular formula is C20H18F3N5O2. The number of fused-ring (bicyclic) bond motifs is 1. The second kappa shape index (κ2) is 7.51. The molecule has 1 amide bonds. The van der Waals surface area contributed by atoms with Crippen LogP contribution in [0.4, 0.5) is 13.2 Å². The van der Waals surface area contributed by atoms with Gasteiger partial charge in [0.2, 0.25) is 0 Å². The Kier molecular flexibility index (Phi) is 5.00. The fourth-order valence-electron chi connectivity index (χ4n) is 3.79. The van der Waals surface area contributed by atoms with Crippen LogP contribution in [-0.4, -0.2) is 31.9 Å². The molecule has 1 fully saturated rings. The zero-order valence-corrected chi connectivity index (χ0v) is 15.8. The smallest absolute Gasteiger partial charge is 0.364 e. The van der Waals surface area contributed by atoms with Crippen LogP contribution in [0.1, 0.15) is 47.9 Å². The molecule has 0 saturated heterocycles. The number of aldehydes is 1. The van der Waals surface area contributed by atoms with Gasteiger partial charge in [-0.2, -0.15) is 18.3 Å². The van der Waals surface area contributed by atoms with Gasteiger partial charge in [-0.1, -0.05) is 0 Å². The van der Waals surface area contributed by atoms with E-state index in [2.05, 4.69) is 15.1 Å². The first-order valence-corrected chi connectivity index (χ1v) is 9.45. The standard InChI is InChI=1S/C20H18F3N5O2/c21-20(22,23)17-6-5-14(18(26-17)19(24)30)15-7-12-9-28(27-16(12)8-25-15)13-3-1-11(10-29)2-4-13/h5-11,13H,1-4H2,(H2,24,30). The number of halogens is 3. The van der Waals surface area contributed by atoms with Crippen LogP contribution in [0.25, 0.3) is 22.2 Å². The lowest BCUT2D eigenvalue weighted by molar-refractivity contribution is -0.141. The number of nitrogens with two attached hydrogens (primary N) is 1. The first-order valence-electron chi connectivity index (χ1n) is 9.45. The number of nitrogens with zero attached hydrogens (tertiary/aromatic N) is 4. The second-order valence-electron chi connectivity index (χ2n) is 7.40. The predicted molar refractivity (Wildman–Crippen MR) is 101 cm³/mol. The lowest BCUT2D eigenvalue weighted by Crippen LogP contribution is -2.19. The molecule has 3 aromatic heterocycles. The van der Waals surface area contributed by atoms with Crippen LogP contribution in [0.3, 0.4) is 0 Å². The minimum Gasteiger partial charge on any atom is -0.364 e. The Morgan fingerprint density at radius 3 is 2.57 bits per heavy atom. The van der Waals surface area contributed by atoms with Crippen molar-refractivity contribution >= 4 is 23.1 Å². The van der Waals surface area contributed by atoms with Crippen LogP contribution in [0.2, 0.25) is 0 Å². The Morgan fingerprint density at radius 1 is 1.20 bits per heavy atom. The van der Waals surface area contributed by atoms with E-state index in [1.807, 2.05) is 10.9 Å². The Balaban J connectivity index is 1.69. The summed E-state index contributed by atoms with van der Waals surface area (Å²) >= 11 is 0. The zero-order valence-electron chi connectivity index (χ0n) is 15.8. The molecule has 4 rings (SSSR count). The van der Waals surface area contributed by atoms with Crippen molar-refractivity contribution < 1.29 is 22.8 Å². The van der Waals surface area contributed by atoms with Gasteiger partial charge >= 0.3 is 6.18 Å². The van der Waals surface area contributed by atoms with Crippen LogP contribution in [-0.2, 0) is 11.0 Å². The van der Waals surface area contributed by atoms with Crippen molar-refractivity contribution in [1.82, 2.24) is 19.7 Å². The van der Waals surface area contributed by atoms with Gasteiger partial charge in [-0.25, -0.2) is 4.98 Å². The topological polar surface area (TPSA) is 104 Å². The van der Waals surface area contributed by atoms with Crippen LogP contribution in [0.15, 0.2) is 30.6 Å². The number of amides is 1. The van der Waals surface area contributed by atoms with E-state index in [1.165, 1.54) is 6.20 Å². The van der Waals surface area contributed by atoms with Gasteiger partial charge in [0.05, 0.1) is 17.9 Å². The average molecular weight is 417 g/mol. The molecule has 1 aliphatic carbocycles. The molecule has 3 aromatic rings. The Labute approximate surface area is 169 Å². The van der Waals surface area contributed by atoms with Gasteiger partial charge in [0.25, 0.3) is 5.91 Å². The van der Waals surface area contributed by atoms with Crippen molar-refractivity contribution in [1.29, 1.82) is 0 Å². The van der Waals surface area contributed by atoms with E-state index in [-0.39, 0.29) is 23.2 Å². The molecular weight excluding hydrogens is 399 g/mol. The van der Waals surface area contributed by atoms with Crippen molar-refractivity contribution in [2.24, 2.45) is 11.7 Å². The van der Waals surface area contributed by atoms with Crippen molar-refractivity contribution in [2.75, 3.05) is 0 Å². The largest absolute Gasteiger partial charge is 0.433 e. The SMILES string of the molecule is NC(=O)c1nc(C(F)(F)F)ccc1-c1cc2cn(C3CCC(C=O)CC3)nc2cn1. The van der Waals surface area contributed by atoms with E-state index >= 15 is 0 Å². The molecule has 0 aliphatic heterocycles. The van der Waals surface area contributed by atoms with Gasteiger partial charge in [-0.15, -0.1) is 0 Å². The van der Waals surface area contributed by atoms with Crippen molar-refractivity contribution in [3.8, 4) is 11.3 Å². The summed E-state index contributed by atoms with van der Waals surface area (Å²) in [5.41, 5.74) is 4.60. The number of hydrogen-bond acceptors (Lipinski definition) is 5.